The number of nitrogens with zero attached hydrogens (tertiary/aromatic N) is 1. The van der Waals surface area contributed by atoms with E-state index in [1.54, 1.807) is 7.11 Å². The number of methoxy groups -OCH3 is 1. The van der Waals surface area contributed by atoms with Crippen molar-refractivity contribution >= 4 is 5.69 Å². The molecule has 2 aromatic carbocycles. The molecule has 0 aromatic heterocycles. The van der Waals surface area contributed by atoms with Gasteiger partial charge in [0.25, 0.3) is 0 Å². The number of hydrogen-bond acceptors (Lipinski definition) is 2. The Hall–Kier alpha value is -1.96. The van der Waals surface area contributed by atoms with Crippen molar-refractivity contribution in [3.05, 3.63) is 60.2 Å². The lowest BCUT2D eigenvalue weighted by Gasteiger charge is -2.27. The summed E-state index contributed by atoms with van der Waals surface area (Å²) in [6.07, 6.45) is 2.49. The maximum atomic E-state index is 5.22. The van der Waals surface area contributed by atoms with Crippen LogP contribution in [0, 0.1) is 0 Å². The van der Waals surface area contributed by atoms with Gasteiger partial charge < -0.3 is 9.64 Å². The van der Waals surface area contributed by atoms with Crippen LogP contribution in [0.4, 0.5) is 5.69 Å². The highest BCUT2D eigenvalue weighted by Crippen LogP contribution is 2.36. The van der Waals surface area contributed by atoms with Crippen LogP contribution in [-0.2, 0) is 0 Å². The third-order valence-corrected chi connectivity index (χ3v) is 3.84. The Labute approximate surface area is 114 Å². The molecule has 0 amide bonds. The van der Waals surface area contributed by atoms with Gasteiger partial charge in [-0.05, 0) is 42.7 Å². The summed E-state index contributed by atoms with van der Waals surface area (Å²) in [5.74, 6) is 0.916. The molecular weight excluding hydrogens is 234 g/mol. The molecule has 1 aliphatic rings. The molecule has 2 aromatic rings. The van der Waals surface area contributed by atoms with E-state index in [1.807, 2.05) is 12.1 Å². The van der Waals surface area contributed by atoms with Crippen LogP contribution in [0.1, 0.15) is 24.4 Å². The molecule has 1 atom stereocenters. The van der Waals surface area contributed by atoms with Crippen molar-refractivity contribution in [1.82, 2.24) is 0 Å². The summed E-state index contributed by atoms with van der Waals surface area (Å²) in [5.41, 5.74) is 2.70. The van der Waals surface area contributed by atoms with E-state index >= 15 is 0 Å². The van der Waals surface area contributed by atoms with Crippen LogP contribution >= 0.6 is 0 Å². The van der Waals surface area contributed by atoms with Crippen LogP contribution in [-0.4, -0.2) is 13.7 Å². The van der Waals surface area contributed by atoms with E-state index in [9.17, 15) is 0 Å². The molecule has 2 heteroatoms. The highest BCUT2D eigenvalue weighted by Gasteiger charge is 2.25. The second kappa shape index (κ2) is 5.35. The highest BCUT2D eigenvalue weighted by atomic mass is 16.5. The summed E-state index contributed by atoms with van der Waals surface area (Å²) >= 11 is 0. The fourth-order valence-corrected chi connectivity index (χ4v) is 2.87. The molecule has 19 heavy (non-hydrogen) atoms. The molecule has 0 bridgehead atoms. The smallest absolute Gasteiger partial charge is 0.119 e. The Kier molecular flexibility index (Phi) is 3.41. The summed E-state index contributed by atoms with van der Waals surface area (Å²) in [7, 11) is 1.71. The maximum Gasteiger partial charge on any atom is 0.119 e. The fourth-order valence-electron chi connectivity index (χ4n) is 2.87. The van der Waals surface area contributed by atoms with Crippen molar-refractivity contribution in [3.8, 4) is 5.75 Å². The van der Waals surface area contributed by atoms with E-state index < -0.39 is 0 Å². The molecule has 1 aliphatic heterocycles. The maximum absolute atomic E-state index is 5.22. The van der Waals surface area contributed by atoms with E-state index in [1.165, 1.54) is 24.1 Å². The van der Waals surface area contributed by atoms with Crippen molar-refractivity contribution < 1.29 is 4.74 Å². The first-order valence-electron chi connectivity index (χ1n) is 6.84. The molecule has 0 radical (unpaired) electrons. The minimum absolute atomic E-state index is 0.509. The standard InChI is InChI=1S/C17H19NO/c1-19-16-11-9-15(10-12-16)18-13-5-8-17(18)14-6-3-2-4-7-14/h2-4,6-7,9-12,17H,5,8,13H2,1H3/t17-/m0/s1. The van der Waals surface area contributed by atoms with Crippen LogP contribution in [0.25, 0.3) is 0 Å². The van der Waals surface area contributed by atoms with E-state index in [4.69, 9.17) is 4.74 Å². The van der Waals surface area contributed by atoms with Gasteiger partial charge in [0.1, 0.15) is 5.75 Å². The van der Waals surface area contributed by atoms with E-state index in [0.29, 0.717) is 6.04 Å². The molecule has 1 fully saturated rings. The van der Waals surface area contributed by atoms with Gasteiger partial charge in [-0.15, -0.1) is 0 Å². The molecule has 0 N–H and O–H groups in total. The molecule has 0 spiro atoms. The van der Waals surface area contributed by atoms with Gasteiger partial charge in [0, 0.05) is 12.2 Å². The monoisotopic (exact) mass is 253 g/mol. The minimum atomic E-state index is 0.509. The normalized spacial score (nSPS) is 18.6. The van der Waals surface area contributed by atoms with Crippen LogP contribution in [0.3, 0.4) is 0 Å². The second-order valence-electron chi connectivity index (χ2n) is 4.96. The Balaban J connectivity index is 1.86. The summed E-state index contributed by atoms with van der Waals surface area (Å²) < 4.78 is 5.22. The first-order valence-corrected chi connectivity index (χ1v) is 6.84. The van der Waals surface area contributed by atoms with Crippen LogP contribution in [0.15, 0.2) is 54.6 Å². The third-order valence-electron chi connectivity index (χ3n) is 3.84. The van der Waals surface area contributed by atoms with Gasteiger partial charge in [0.15, 0.2) is 0 Å². The van der Waals surface area contributed by atoms with Crippen LogP contribution in [0.5, 0.6) is 5.75 Å². The first-order chi connectivity index (χ1) is 9.38. The molecule has 0 aliphatic carbocycles. The summed E-state index contributed by atoms with van der Waals surface area (Å²) in [4.78, 5) is 2.49. The number of hydrogen-bond donors (Lipinski definition) is 0. The van der Waals surface area contributed by atoms with Crippen LogP contribution < -0.4 is 9.64 Å². The summed E-state index contributed by atoms with van der Waals surface area (Å²) in [6.45, 7) is 1.13. The Morgan fingerprint density at radius 3 is 2.42 bits per heavy atom. The highest BCUT2D eigenvalue weighted by molar-refractivity contribution is 5.52. The molecule has 98 valence electrons. The van der Waals surface area contributed by atoms with Crippen molar-refractivity contribution in [2.75, 3.05) is 18.6 Å². The fraction of sp³-hybridized carbons (Fsp3) is 0.294. The van der Waals surface area contributed by atoms with Gasteiger partial charge in [-0.2, -0.15) is 0 Å². The Morgan fingerprint density at radius 2 is 1.74 bits per heavy atom. The zero-order chi connectivity index (χ0) is 13.1. The summed E-state index contributed by atoms with van der Waals surface area (Å²) in [5, 5.41) is 0. The lowest BCUT2D eigenvalue weighted by atomic mass is 10.0. The van der Waals surface area contributed by atoms with Gasteiger partial charge in [-0.1, -0.05) is 30.3 Å². The first kappa shape index (κ1) is 12.1. The average molecular weight is 253 g/mol. The molecule has 3 rings (SSSR count). The zero-order valence-electron chi connectivity index (χ0n) is 11.3. The van der Waals surface area contributed by atoms with Gasteiger partial charge in [0.2, 0.25) is 0 Å². The SMILES string of the molecule is COc1ccc(N2CCC[C@H]2c2ccccc2)cc1. The minimum Gasteiger partial charge on any atom is -0.497 e. The number of anilines is 1. The van der Waals surface area contributed by atoms with Crippen molar-refractivity contribution in [2.45, 2.75) is 18.9 Å². The van der Waals surface area contributed by atoms with Crippen LogP contribution in [0.2, 0.25) is 0 Å². The topological polar surface area (TPSA) is 12.5 Å². The van der Waals surface area contributed by atoms with Gasteiger partial charge >= 0.3 is 0 Å². The number of benzene rings is 2. The average Bonchev–Trinajstić information content (AvgIpc) is 2.98. The van der Waals surface area contributed by atoms with E-state index in [0.717, 1.165) is 12.3 Å². The molecule has 2 nitrogen and oxygen atoms in total. The van der Waals surface area contributed by atoms with Gasteiger partial charge in [0.05, 0.1) is 13.2 Å². The van der Waals surface area contributed by atoms with Crippen molar-refractivity contribution in [1.29, 1.82) is 0 Å². The molecule has 1 saturated heterocycles. The second-order valence-corrected chi connectivity index (χ2v) is 4.96. The summed E-state index contributed by atoms with van der Waals surface area (Å²) in [6, 6.07) is 19.7. The van der Waals surface area contributed by atoms with E-state index in [2.05, 4.69) is 47.4 Å². The molecule has 1 heterocycles. The van der Waals surface area contributed by atoms with E-state index in [-0.39, 0.29) is 0 Å². The molecular formula is C17H19NO. The lowest BCUT2D eigenvalue weighted by molar-refractivity contribution is 0.415. The zero-order valence-corrected chi connectivity index (χ0v) is 11.3. The predicted molar refractivity (Wildman–Crippen MR) is 78.8 cm³/mol. The quantitative estimate of drug-likeness (QED) is 0.818. The Bertz CT molecular complexity index is 521. The predicted octanol–water partition coefficient (Wildman–Crippen LogP) is 4.04. The molecule has 0 unspecified atom stereocenters. The largest absolute Gasteiger partial charge is 0.497 e. The Morgan fingerprint density at radius 1 is 1.00 bits per heavy atom. The number of rotatable bonds is 3. The number of ether oxygens (including phenoxy) is 1. The molecule has 0 saturated carbocycles. The van der Waals surface area contributed by atoms with Crippen molar-refractivity contribution in [2.24, 2.45) is 0 Å². The van der Waals surface area contributed by atoms with Crippen molar-refractivity contribution in [3.63, 3.8) is 0 Å². The lowest BCUT2D eigenvalue weighted by Crippen LogP contribution is -2.22. The van der Waals surface area contributed by atoms with Gasteiger partial charge in [-0.3, -0.25) is 0 Å². The van der Waals surface area contributed by atoms with Gasteiger partial charge in [-0.25, -0.2) is 0 Å². The third kappa shape index (κ3) is 2.43.